The van der Waals surface area contributed by atoms with Crippen molar-refractivity contribution in [1.82, 2.24) is 4.57 Å². The van der Waals surface area contributed by atoms with Gasteiger partial charge in [-0.05, 0) is 30.7 Å². The molecule has 1 heterocycles. The quantitative estimate of drug-likeness (QED) is 0.568. The summed E-state index contributed by atoms with van der Waals surface area (Å²) in [6.45, 7) is 2.67. The van der Waals surface area contributed by atoms with Crippen molar-refractivity contribution >= 4 is 27.8 Å². The van der Waals surface area contributed by atoms with Crippen molar-refractivity contribution in [3.8, 4) is 11.5 Å². The van der Waals surface area contributed by atoms with Crippen LogP contribution in [0.25, 0.3) is 10.2 Å². The van der Waals surface area contributed by atoms with Crippen molar-refractivity contribution < 1.29 is 9.84 Å². The van der Waals surface area contributed by atoms with Gasteiger partial charge in [0.25, 0.3) is 0 Å². The van der Waals surface area contributed by atoms with Crippen molar-refractivity contribution in [2.45, 2.75) is 13.3 Å². The third kappa shape index (κ3) is 3.49. The molecule has 24 heavy (non-hydrogen) atoms. The van der Waals surface area contributed by atoms with Gasteiger partial charge in [-0.25, -0.2) is 0 Å². The van der Waals surface area contributed by atoms with Crippen LogP contribution in [0.2, 0.25) is 0 Å². The average Bonchev–Trinajstić information content (AvgIpc) is 2.91. The average molecular weight is 341 g/mol. The number of rotatable bonds is 5. The number of phenols is 1. The Morgan fingerprint density at radius 2 is 2.08 bits per heavy atom. The predicted octanol–water partition coefficient (Wildman–Crippen LogP) is 3.67. The summed E-state index contributed by atoms with van der Waals surface area (Å²) in [4.78, 5) is 0.801. The standard InChI is InChI=1S/C18H19N3O2S/c1-3-10-23-14-9-8-13(16(22)11-14)12-19-20-18-21(2)15-6-4-5-7-17(15)24-18/h4-9,11-12,22H,3,10H2,1-2H3/b19-12+,20-18+. The zero-order valence-electron chi connectivity index (χ0n) is 13.6. The number of benzene rings is 2. The fourth-order valence-electron chi connectivity index (χ4n) is 2.26. The van der Waals surface area contributed by atoms with Gasteiger partial charge in [-0.1, -0.05) is 30.4 Å². The van der Waals surface area contributed by atoms with Crippen molar-refractivity contribution in [3.63, 3.8) is 0 Å². The van der Waals surface area contributed by atoms with E-state index in [0.29, 0.717) is 17.9 Å². The monoisotopic (exact) mass is 341 g/mol. The first kappa shape index (κ1) is 16.3. The van der Waals surface area contributed by atoms with Gasteiger partial charge in [-0.3, -0.25) is 0 Å². The van der Waals surface area contributed by atoms with Crippen LogP contribution in [0, 0.1) is 0 Å². The van der Waals surface area contributed by atoms with Crippen LogP contribution >= 0.6 is 11.3 Å². The number of aromatic nitrogens is 1. The van der Waals surface area contributed by atoms with Crippen molar-refractivity contribution in [2.24, 2.45) is 17.3 Å². The summed E-state index contributed by atoms with van der Waals surface area (Å²) < 4.78 is 8.64. The van der Waals surface area contributed by atoms with Crippen LogP contribution in [0.15, 0.2) is 52.7 Å². The van der Waals surface area contributed by atoms with E-state index in [0.717, 1.165) is 21.4 Å². The van der Waals surface area contributed by atoms with E-state index < -0.39 is 0 Å². The Kier molecular flexibility index (Phi) is 4.96. The highest BCUT2D eigenvalue weighted by Gasteiger charge is 2.02. The van der Waals surface area contributed by atoms with E-state index in [1.165, 1.54) is 0 Å². The fourth-order valence-corrected chi connectivity index (χ4v) is 3.24. The first-order valence-corrected chi connectivity index (χ1v) is 8.58. The second kappa shape index (κ2) is 7.31. The number of aromatic hydroxyl groups is 1. The van der Waals surface area contributed by atoms with Crippen LogP contribution in [0.5, 0.6) is 11.5 Å². The molecule has 0 radical (unpaired) electrons. The van der Waals surface area contributed by atoms with Crippen molar-refractivity contribution in [3.05, 3.63) is 52.8 Å². The molecule has 3 rings (SSSR count). The molecular formula is C18H19N3O2S. The third-order valence-corrected chi connectivity index (χ3v) is 4.63. The molecule has 1 N–H and O–H groups in total. The number of thiazole rings is 1. The molecule has 1 aromatic heterocycles. The summed E-state index contributed by atoms with van der Waals surface area (Å²) in [6, 6.07) is 13.3. The van der Waals surface area contributed by atoms with Crippen molar-refractivity contribution in [1.29, 1.82) is 0 Å². The Morgan fingerprint density at radius 3 is 2.83 bits per heavy atom. The molecule has 124 valence electrons. The molecule has 0 unspecified atom stereocenters. The van der Waals surface area contributed by atoms with Crippen LogP contribution in [0.1, 0.15) is 18.9 Å². The predicted molar refractivity (Wildman–Crippen MR) is 97.8 cm³/mol. The minimum absolute atomic E-state index is 0.128. The number of hydrogen-bond acceptors (Lipinski definition) is 5. The summed E-state index contributed by atoms with van der Waals surface area (Å²) in [7, 11) is 1.96. The van der Waals surface area contributed by atoms with Gasteiger partial charge in [-0.15, -0.1) is 5.10 Å². The van der Waals surface area contributed by atoms with E-state index in [1.807, 2.05) is 36.7 Å². The van der Waals surface area contributed by atoms with Crippen LogP contribution < -0.4 is 9.54 Å². The maximum atomic E-state index is 10.0. The zero-order chi connectivity index (χ0) is 16.9. The molecule has 0 aliphatic carbocycles. The van der Waals surface area contributed by atoms with Gasteiger partial charge in [0.15, 0.2) is 0 Å². The van der Waals surface area contributed by atoms with Gasteiger partial charge in [0.05, 0.1) is 23.0 Å². The first-order chi connectivity index (χ1) is 11.7. The molecule has 0 amide bonds. The number of aryl methyl sites for hydroxylation is 1. The van der Waals surface area contributed by atoms with Gasteiger partial charge >= 0.3 is 0 Å². The van der Waals surface area contributed by atoms with E-state index in [1.54, 1.807) is 29.7 Å². The summed E-state index contributed by atoms with van der Waals surface area (Å²) >= 11 is 1.57. The topological polar surface area (TPSA) is 59.1 Å². The van der Waals surface area contributed by atoms with Gasteiger partial charge in [-0.2, -0.15) is 5.10 Å². The molecule has 0 aliphatic heterocycles. The fraction of sp³-hybridized carbons (Fsp3) is 0.222. The van der Waals surface area contributed by atoms with Gasteiger partial charge in [0, 0.05) is 18.7 Å². The molecule has 0 saturated carbocycles. The van der Waals surface area contributed by atoms with Crippen molar-refractivity contribution in [2.75, 3.05) is 6.61 Å². The number of hydrogen-bond donors (Lipinski definition) is 1. The molecule has 3 aromatic rings. The summed E-state index contributed by atoms with van der Waals surface area (Å²) in [5.41, 5.74) is 1.73. The van der Waals surface area contributed by atoms with Crippen LogP contribution in [-0.4, -0.2) is 22.5 Å². The Hall–Kier alpha value is -2.60. The van der Waals surface area contributed by atoms with Gasteiger partial charge < -0.3 is 14.4 Å². The largest absolute Gasteiger partial charge is 0.507 e. The smallest absolute Gasteiger partial charge is 0.211 e. The normalized spacial score (nSPS) is 12.3. The lowest BCUT2D eigenvalue weighted by atomic mass is 10.2. The van der Waals surface area contributed by atoms with E-state index >= 15 is 0 Å². The Bertz CT molecular complexity index is 941. The second-order valence-electron chi connectivity index (χ2n) is 5.33. The highest BCUT2D eigenvalue weighted by Crippen LogP contribution is 2.22. The molecule has 0 fully saturated rings. The van der Waals surface area contributed by atoms with Crippen LogP contribution in [0.3, 0.4) is 0 Å². The molecule has 6 heteroatoms. The number of nitrogens with zero attached hydrogens (tertiary/aromatic N) is 3. The lowest BCUT2D eigenvalue weighted by molar-refractivity contribution is 0.315. The minimum atomic E-state index is 0.128. The molecule has 2 aromatic carbocycles. The van der Waals surface area contributed by atoms with Crippen LogP contribution in [-0.2, 0) is 7.05 Å². The highest BCUT2D eigenvalue weighted by molar-refractivity contribution is 7.16. The maximum absolute atomic E-state index is 10.0. The highest BCUT2D eigenvalue weighted by atomic mass is 32.1. The van der Waals surface area contributed by atoms with E-state index in [2.05, 4.69) is 22.3 Å². The zero-order valence-corrected chi connectivity index (χ0v) is 14.5. The van der Waals surface area contributed by atoms with E-state index in [9.17, 15) is 5.11 Å². The maximum Gasteiger partial charge on any atom is 0.211 e. The van der Waals surface area contributed by atoms with E-state index in [4.69, 9.17) is 4.74 Å². The third-order valence-electron chi connectivity index (χ3n) is 3.53. The summed E-state index contributed by atoms with van der Waals surface area (Å²) in [5.74, 6) is 0.780. The molecule has 0 atom stereocenters. The SMILES string of the molecule is CCCOc1ccc(/C=N/N=c2/sc3ccccc3n2C)c(O)c1. The second-order valence-corrected chi connectivity index (χ2v) is 6.33. The Balaban J connectivity index is 1.83. The molecule has 0 aliphatic rings. The Morgan fingerprint density at radius 1 is 1.25 bits per heavy atom. The van der Waals surface area contributed by atoms with Gasteiger partial charge in [0.2, 0.25) is 4.80 Å². The minimum Gasteiger partial charge on any atom is -0.507 e. The molecule has 0 spiro atoms. The number of ether oxygens (including phenoxy) is 1. The molecular weight excluding hydrogens is 322 g/mol. The molecule has 0 saturated heterocycles. The summed E-state index contributed by atoms with van der Waals surface area (Å²) in [5, 5.41) is 18.4. The Labute approximate surface area is 144 Å². The van der Waals surface area contributed by atoms with E-state index in [-0.39, 0.29) is 5.75 Å². The van der Waals surface area contributed by atoms with Gasteiger partial charge in [0.1, 0.15) is 11.5 Å². The number of phenolic OH excluding ortho intramolecular Hbond substituents is 1. The lowest BCUT2D eigenvalue weighted by Crippen LogP contribution is -2.08. The van der Waals surface area contributed by atoms with Crippen LogP contribution in [0.4, 0.5) is 0 Å². The first-order valence-electron chi connectivity index (χ1n) is 7.76. The lowest BCUT2D eigenvalue weighted by Gasteiger charge is -2.05. The molecule has 0 bridgehead atoms. The summed E-state index contributed by atoms with van der Waals surface area (Å²) in [6.07, 6.45) is 2.47. The number of fused-ring (bicyclic) bond motifs is 1. The number of para-hydroxylation sites is 1. The molecule has 5 nitrogen and oxygen atoms in total.